The van der Waals surface area contributed by atoms with E-state index in [1.807, 2.05) is 65.6 Å². The van der Waals surface area contributed by atoms with Crippen molar-refractivity contribution in [2.24, 2.45) is 5.92 Å². The van der Waals surface area contributed by atoms with Crippen molar-refractivity contribution < 1.29 is 4.79 Å². The molecule has 1 aromatic heterocycles. The molecule has 1 aliphatic heterocycles. The molecule has 6 heteroatoms. The second kappa shape index (κ2) is 11.3. The van der Waals surface area contributed by atoms with Crippen LogP contribution in [-0.2, 0) is 11.2 Å². The molecule has 0 atom stereocenters. The molecule has 1 saturated heterocycles. The molecule has 3 aromatic carbocycles. The Hall–Kier alpha value is -3.51. The predicted molar refractivity (Wildman–Crippen MR) is 141 cm³/mol. The Morgan fingerprint density at radius 1 is 0.771 bits per heavy atom. The first kappa shape index (κ1) is 23.2. The maximum absolute atomic E-state index is 12.9. The minimum atomic E-state index is 0.144. The number of aromatic nitrogens is 3. The number of carbonyl (C=O) groups excluding carboxylic acids is 1. The van der Waals surface area contributed by atoms with Crippen molar-refractivity contribution in [3.8, 4) is 22.5 Å². The van der Waals surface area contributed by atoms with Crippen LogP contribution < -0.4 is 0 Å². The number of thioether (sulfide) groups is 1. The molecule has 0 aliphatic carbocycles. The minimum Gasteiger partial charge on any atom is -0.342 e. The Bertz CT molecular complexity index is 1240. The number of likely N-dealkylation sites (tertiary alicyclic amines) is 1. The third kappa shape index (κ3) is 5.95. The first-order valence-electron chi connectivity index (χ1n) is 12.1. The molecule has 35 heavy (non-hydrogen) atoms. The molecule has 4 aromatic rings. The van der Waals surface area contributed by atoms with Gasteiger partial charge < -0.3 is 4.90 Å². The maximum atomic E-state index is 12.9. The van der Waals surface area contributed by atoms with E-state index in [0.29, 0.717) is 16.8 Å². The summed E-state index contributed by atoms with van der Waals surface area (Å²) in [5, 5.41) is 9.38. The number of hydrogen-bond acceptors (Lipinski definition) is 5. The SMILES string of the molecule is O=C(CSc1nnc(-c2ccccc2)c(-c2ccccc2)n1)N1CCC(Cc2ccccc2)CC1. The summed E-state index contributed by atoms with van der Waals surface area (Å²) < 4.78 is 0. The molecule has 0 N–H and O–H groups in total. The minimum absolute atomic E-state index is 0.144. The fourth-order valence-corrected chi connectivity index (χ4v) is 5.20. The van der Waals surface area contributed by atoms with Crippen LogP contribution in [0.25, 0.3) is 22.5 Å². The Balaban J connectivity index is 1.22. The molecule has 1 amide bonds. The van der Waals surface area contributed by atoms with Crippen molar-refractivity contribution in [3.63, 3.8) is 0 Å². The van der Waals surface area contributed by atoms with Gasteiger partial charge in [0.15, 0.2) is 0 Å². The molecule has 2 heterocycles. The predicted octanol–water partition coefficient (Wildman–Crippen LogP) is 5.78. The van der Waals surface area contributed by atoms with Gasteiger partial charge in [-0.15, -0.1) is 10.2 Å². The van der Waals surface area contributed by atoms with Gasteiger partial charge in [-0.05, 0) is 30.7 Å². The van der Waals surface area contributed by atoms with E-state index in [9.17, 15) is 4.79 Å². The van der Waals surface area contributed by atoms with Gasteiger partial charge in [-0.25, -0.2) is 4.98 Å². The van der Waals surface area contributed by atoms with Crippen molar-refractivity contribution in [2.75, 3.05) is 18.8 Å². The summed E-state index contributed by atoms with van der Waals surface area (Å²) in [5.41, 5.74) is 4.86. The third-order valence-corrected chi connectivity index (χ3v) is 7.24. The summed E-state index contributed by atoms with van der Waals surface area (Å²) in [6.07, 6.45) is 3.19. The quantitative estimate of drug-likeness (QED) is 0.314. The molecule has 176 valence electrons. The van der Waals surface area contributed by atoms with Gasteiger partial charge in [0.05, 0.1) is 5.75 Å². The number of amides is 1. The Labute approximate surface area is 210 Å². The maximum Gasteiger partial charge on any atom is 0.233 e. The molecule has 5 nitrogen and oxygen atoms in total. The number of hydrogen-bond donors (Lipinski definition) is 0. The lowest BCUT2D eigenvalue weighted by Gasteiger charge is -2.32. The zero-order chi connectivity index (χ0) is 23.9. The van der Waals surface area contributed by atoms with Gasteiger partial charge in [-0.3, -0.25) is 4.79 Å². The van der Waals surface area contributed by atoms with E-state index in [0.717, 1.165) is 54.9 Å². The van der Waals surface area contributed by atoms with Crippen LogP contribution in [-0.4, -0.2) is 44.8 Å². The van der Waals surface area contributed by atoms with Crippen molar-refractivity contribution >= 4 is 17.7 Å². The van der Waals surface area contributed by atoms with Crippen LogP contribution in [0.4, 0.5) is 0 Å². The molecule has 0 saturated carbocycles. The van der Waals surface area contributed by atoms with Gasteiger partial charge in [0, 0.05) is 24.2 Å². The highest BCUT2D eigenvalue weighted by molar-refractivity contribution is 7.99. The van der Waals surface area contributed by atoms with Crippen LogP contribution in [0.5, 0.6) is 0 Å². The number of benzene rings is 3. The highest BCUT2D eigenvalue weighted by atomic mass is 32.2. The summed E-state index contributed by atoms with van der Waals surface area (Å²) >= 11 is 1.36. The van der Waals surface area contributed by atoms with Gasteiger partial charge >= 0.3 is 0 Å². The lowest BCUT2D eigenvalue weighted by atomic mass is 9.90. The first-order valence-corrected chi connectivity index (χ1v) is 13.0. The first-order chi connectivity index (χ1) is 17.3. The van der Waals surface area contributed by atoms with E-state index in [4.69, 9.17) is 4.98 Å². The van der Waals surface area contributed by atoms with Gasteiger partial charge in [0.1, 0.15) is 11.4 Å². The Morgan fingerprint density at radius 2 is 1.34 bits per heavy atom. The molecular formula is C29H28N4OS. The van der Waals surface area contributed by atoms with E-state index < -0.39 is 0 Å². The van der Waals surface area contributed by atoms with Crippen molar-refractivity contribution in [2.45, 2.75) is 24.4 Å². The van der Waals surface area contributed by atoms with Crippen LogP contribution in [0.15, 0.2) is 96.2 Å². The molecule has 1 aliphatic rings. The fourth-order valence-electron chi connectivity index (χ4n) is 4.51. The summed E-state index contributed by atoms with van der Waals surface area (Å²) in [7, 11) is 0. The van der Waals surface area contributed by atoms with E-state index in [-0.39, 0.29) is 5.91 Å². The van der Waals surface area contributed by atoms with Crippen LogP contribution in [0.1, 0.15) is 18.4 Å². The van der Waals surface area contributed by atoms with Gasteiger partial charge in [0.25, 0.3) is 0 Å². The largest absolute Gasteiger partial charge is 0.342 e. The highest BCUT2D eigenvalue weighted by Gasteiger charge is 2.23. The molecule has 0 bridgehead atoms. The second-order valence-corrected chi connectivity index (χ2v) is 9.77. The van der Waals surface area contributed by atoms with E-state index in [2.05, 4.69) is 40.5 Å². The highest BCUT2D eigenvalue weighted by Crippen LogP contribution is 2.30. The standard InChI is InChI=1S/C29H28N4OS/c34-26(33-18-16-23(17-19-33)20-22-10-4-1-5-11-22)21-35-29-30-27(24-12-6-2-7-13-24)28(31-32-29)25-14-8-3-9-15-25/h1-15,23H,16-21H2. The fraction of sp³-hybridized carbons (Fsp3) is 0.241. The van der Waals surface area contributed by atoms with Crippen LogP contribution >= 0.6 is 11.8 Å². The lowest BCUT2D eigenvalue weighted by Crippen LogP contribution is -2.39. The average molecular weight is 481 g/mol. The molecule has 0 unspecified atom stereocenters. The number of carbonyl (C=O) groups is 1. The van der Waals surface area contributed by atoms with Gasteiger partial charge in [-0.1, -0.05) is 103 Å². The summed E-state index contributed by atoms with van der Waals surface area (Å²) in [6.45, 7) is 1.64. The number of rotatable bonds is 7. The molecule has 1 fully saturated rings. The average Bonchev–Trinajstić information content (AvgIpc) is 2.93. The van der Waals surface area contributed by atoms with Gasteiger partial charge in [0.2, 0.25) is 11.1 Å². The number of nitrogens with zero attached hydrogens (tertiary/aromatic N) is 4. The van der Waals surface area contributed by atoms with Crippen LogP contribution in [0.3, 0.4) is 0 Å². The monoisotopic (exact) mass is 480 g/mol. The lowest BCUT2D eigenvalue weighted by molar-refractivity contribution is -0.129. The van der Waals surface area contributed by atoms with Gasteiger partial charge in [-0.2, -0.15) is 0 Å². The topological polar surface area (TPSA) is 59.0 Å². The third-order valence-electron chi connectivity index (χ3n) is 6.42. The van der Waals surface area contributed by atoms with E-state index >= 15 is 0 Å². The normalized spacial score (nSPS) is 14.1. The van der Waals surface area contributed by atoms with E-state index in [1.165, 1.54) is 17.3 Å². The van der Waals surface area contributed by atoms with E-state index in [1.54, 1.807) is 0 Å². The zero-order valence-electron chi connectivity index (χ0n) is 19.6. The molecule has 5 rings (SSSR count). The summed E-state index contributed by atoms with van der Waals surface area (Å²) in [6, 6.07) is 30.6. The van der Waals surface area contributed by atoms with Crippen LogP contribution in [0.2, 0.25) is 0 Å². The summed E-state index contributed by atoms with van der Waals surface area (Å²) in [5.74, 6) is 1.11. The van der Waals surface area contributed by atoms with Crippen molar-refractivity contribution in [1.82, 2.24) is 20.1 Å². The summed E-state index contributed by atoms with van der Waals surface area (Å²) in [4.78, 5) is 19.7. The smallest absolute Gasteiger partial charge is 0.233 e. The van der Waals surface area contributed by atoms with Crippen molar-refractivity contribution in [3.05, 3.63) is 96.6 Å². The van der Waals surface area contributed by atoms with Crippen molar-refractivity contribution in [1.29, 1.82) is 0 Å². The molecule has 0 spiro atoms. The molecular weight excluding hydrogens is 452 g/mol. The zero-order valence-corrected chi connectivity index (χ0v) is 20.4. The van der Waals surface area contributed by atoms with Crippen LogP contribution in [0, 0.1) is 5.92 Å². The Kier molecular flexibility index (Phi) is 7.49. The molecule has 0 radical (unpaired) electrons. The number of piperidine rings is 1. The Morgan fingerprint density at radius 3 is 1.97 bits per heavy atom. The second-order valence-electron chi connectivity index (χ2n) is 8.83.